The summed E-state index contributed by atoms with van der Waals surface area (Å²) < 4.78 is 10.4. The largest absolute Gasteiger partial charge is 0.453 e. The number of amides is 1. The summed E-state index contributed by atoms with van der Waals surface area (Å²) >= 11 is 0. The van der Waals surface area contributed by atoms with Gasteiger partial charge in [0.15, 0.2) is 5.76 Å². The highest BCUT2D eigenvalue weighted by Gasteiger charge is 2.16. The van der Waals surface area contributed by atoms with E-state index in [9.17, 15) is 4.79 Å². The van der Waals surface area contributed by atoms with Crippen LogP contribution in [0.1, 0.15) is 28.8 Å². The molecule has 0 atom stereocenters. The van der Waals surface area contributed by atoms with Gasteiger partial charge in [-0.2, -0.15) is 0 Å². The van der Waals surface area contributed by atoms with Crippen LogP contribution >= 0.6 is 0 Å². The molecule has 1 aliphatic heterocycles. The molecule has 6 heteroatoms. The van der Waals surface area contributed by atoms with Crippen LogP contribution in [-0.4, -0.2) is 55.5 Å². The van der Waals surface area contributed by atoms with Crippen LogP contribution in [0.3, 0.4) is 0 Å². The van der Waals surface area contributed by atoms with Crippen molar-refractivity contribution in [1.82, 2.24) is 9.80 Å². The van der Waals surface area contributed by atoms with Gasteiger partial charge in [-0.1, -0.05) is 19.1 Å². The molecule has 2 aromatic rings. The second-order valence-electron chi connectivity index (χ2n) is 6.56. The van der Waals surface area contributed by atoms with E-state index in [4.69, 9.17) is 9.15 Å². The number of benzene rings is 1. The molecule has 140 valence electrons. The fourth-order valence-electron chi connectivity index (χ4n) is 3.13. The summed E-state index contributed by atoms with van der Waals surface area (Å²) in [5.41, 5.74) is 2.02. The number of hydrogen-bond donors (Lipinski definition) is 1. The van der Waals surface area contributed by atoms with Crippen molar-refractivity contribution in [3.8, 4) is 0 Å². The number of carbonyl (C=O) groups is 1. The third kappa shape index (κ3) is 4.94. The molecular formula is C20H27N3O3. The number of methoxy groups -OCH3 is 1. The van der Waals surface area contributed by atoms with Gasteiger partial charge in [-0.15, -0.1) is 0 Å². The zero-order valence-electron chi connectivity index (χ0n) is 15.5. The summed E-state index contributed by atoms with van der Waals surface area (Å²) in [7, 11) is 1.59. The molecule has 0 saturated carbocycles. The van der Waals surface area contributed by atoms with Gasteiger partial charge in [0, 0.05) is 45.5 Å². The molecular weight excluding hydrogens is 330 g/mol. The molecule has 3 rings (SSSR count). The van der Waals surface area contributed by atoms with Crippen LogP contribution in [0.15, 0.2) is 40.8 Å². The lowest BCUT2D eigenvalue weighted by Gasteiger charge is -2.34. The Morgan fingerprint density at radius 3 is 2.42 bits per heavy atom. The number of rotatable bonds is 7. The van der Waals surface area contributed by atoms with E-state index in [0.29, 0.717) is 12.4 Å². The first-order valence-corrected chi connectivity index (χ1v) is 9.10. The number of nitrogens with zero attached hydrogens (tertiary/aromatic N) is 2. The zero-order valence-corrected chi connectivity index (χ0v) is 15.5. The first kappa shape index (κ1) is 18.6. The molecule has 1 aromatic heterocycles. The standard InChI is InChI=1S/C20H27N3O3/c1-3-22-10-12-23(13-11-22)14-16-4-6-17(7-5-16)21-20(24)19-9-8-18(26-19)15-25-2/h4-9H,3,10-15H2,1-2H3,(H,21,24). The molecule has 1 fully saturated rings. The SMILES string of the molecule is CCN1CCN(Cc2ccc(NC(=O)c3ccc(COC)o3)cc2)CC1. The predicted molar refractivity (Wildman–Crippen MR) is 101 cm³/mol. The average molecular weight is 357 g/mol. The number of likely N-dealkylation sites (N-methyl/N-ethyl adjacent to an activating group) is 1. The van der Waals surface area contributed by atoms with E-state index >= 15 is 0 Å². The van der Waals surface area contributed by atoms with Crippen LogP contribution in [0.2, 0.25) is 0 Å². The van der Waals surface area contributed by atoms with Crippen molar-refractivity contribution >= 4 is 11.6 Å². The average Bonchev–Trinajstić information content (AvgIpc) is 3.13. The molecule has 1 N–H and O–H groups in total. The van der Waals surface area contributed by atoms with E-state index in [1.807, 2.05) is 12.1 Å². The van der Waals surface area contributed by atoms with E-state index < -0.39 is 0 Å². The fraction of sp³-hybridized carbons (Fsp3) is 0.450. The highest BCUT2D eigenvalue weighted by molar-refractivity contribution is 6.02. The van der Waals surface area contributed by atoms with Crippen molar-refractivity contribution in [2.75, 3.05) is 45.2 Å². The van der Waals surface area contributed by atoms with Gasteiger partial charge in [-0.3, -0.25) is 9.69 Å². The molecule has 2 heterocycles. The molecule has 0 aliphatic carbocycles. The molecule has 26 heavy (non-hydrogen) atoms. The number of anilines is 1. The number of furan rings is 1. The van der Waals surface area contributed by atoms with Gasteiger partial charge >= 0.3 is 0 Å². The van der Waals surface area contributed by atoms with E-state index in [1.165, 1.54) is 5.56 Å². The number of ether oxygens (including phenoxy) is 1. The molecule has 1 amide bonds. The normalized spacial score (nSPS) is 15.9. The third-order valence-electron chi connectivity index (χ3n) is 4.70. The topological polar surface area (TPSA) is 58.0 Å². The van der Waals surface area contributed by atoms with Gasteiger partial charge in [-0.25, -0.2) is 0 Å². The van der Waals surface area contributed by atoms with Crippen molar-refractivity contribution in [2.45, 2.75) is 20.1 Å². The number of piperazine rings is 1. The van der Waals surface area contributed by atoms with Crippen molar-refractivity contribution in [2.24, 2.45) is 0 Å². The van der Waals surface area contributed by atoms with E-state index in [0.717, 1.165) is 45.0 Å². The van der Waals surface area contributed by atoms with Gasteiger partial charge in [0.2, 0.25) is 0 Å². The first-order chi connectivity index (χ1) is 12.7. The molecule has 1 saturated heterocycles. The summed E-state index contributed by atoms with van der Waals surface area (Å²) in [6, 6.07) is 11.4. The molecule has 0 spiro atoms. The number of nitrogens with one attached hydrogen (secondary N) is 1. The second kappa shape index (κ2) is 8.98. The Hall–Kier alpha value is -2.15. The highest BCUT2D eigenvalue weighted by atomic mass is 16.5. The third-order valence-corrected chi connectivity index (χ3v) is 4.70. The van der Waals surface area contributed by atoms with Crippen LogP contribution < -0.4 is 5.32 Å². The lowest BCUT2D eigenvalue weighted by molar-refractivity contribution is 0.0987. The van der Waals surface area contributed by atoms with Gasteiger partial charge < -0.3 is 19.4 Å². The minimum Gasteiger partial charge on any atom is -0.453 e. The summed E-state index contributed by atoms with van der Waals surface area (Å²) in [5.74, 6) is 0.668. The summed E-state index contributed by atoms with van der Waals surface area (Å²) in [6.45, 7) is 9.13. The van der Waals surface area contributed by atoms with E-state index in [-0.39, 0.29) is 11.7 Å². The van der Waals surface area contributed by atoms with Crippen molar-refractivity contribution in [3.63, 3.8) is 0 Å². The van der Waals surface area contributed by atoms with Crippen molar-refractivity contribution in [3.05, 3.63) is 53.5 Å². The maximum Gasteiger partial charge on any atom is 0.291 e. The Balaban J connectivity index is 1.51. The summed E-state index contributed by atoms with van der Waals surface area (Å²) in [6.07, 6.45) is 0. The lowest BCUT2D eigenvalue weighted by atomic mass is 10.1. The highest BCUT2D eigenvalue weighted by Crippen LogP contribution is 2.15. The Labute approximate surface area is 154 Å². The summed E-state index contributed by atoms with van der Waals surface area (Å²) in [4.78, 5) is 17.2. The fourth-order valence-corrected chi connectivity index (χ4v) is 3.13. The van der Waals surface area contributed by atoms with Crippen LogP contribution in [0, 0.1) is 0 Å². The Morgan fingerprint density at radius 2 is 1.77 bits per heavy atom. The van der Waals surface area contributed by atoms with Crippen molar-refractivity contribution < 1.29 is 13.9 Å². The smallest absolute Gasteiger partial charge is 0.291 e. The molecule has 1 aromatic carbocycles. The lowest BCUT2D eigenvalue weighted by Crippen LogP contribution is -2.45. The maximum atomic E-state index is 12.2. The minimum atomic E-state index is -0.254. The molecule has 0 unspecified atom stereocenters. The quantitative estimate of drug-likeness (QED) is 0.826. The number of hydrogen-bond acceptors (Lipinski definition) is 5. The summed E-state index contributed by atoms with van der Waals surface area (Å²) in [5, 5.41) is 2.86. The predicted octanol–water partition coefficient (Wildman–Crippen LogP) is 2.82. The van der Waals surface area contributed by atoms with E-state index in [1.54, 1.807) is 19.2 Å². The van der Waals surface area contributed by atoms with Crippen LogP contribution in [-0.2, 0) is 17.9 Å². The minimum absolute atomic E-state index is 0.254. The van der Waals surface area contributed by atoms with Crippen LogP contribution in [0.5, 0.6) is 0 Å². The molecule has 0 radical (unpaired) electrons. The number of carbonyl (C=O) groups excluding carboxylic acids is 1. The van der Waals surface area contributed by atoms with E-state index in [2.05, 4.69) is 34.2 Å². The monoisotopic (exact) mass is 357 g/mol. The van der Waals surface area contributed by atoms with Crippen LogP contribution in [0.25, 0.3) is 0 Å². The Bertz CT molecular complexity index is 703. The van der Waals surface area contributed by atoms with Gasteiger partial charge in [0.05, 0.1) is 0 Å². The Morgan fingerprint density at radius 1 is 1.08 bits per heavy atom. The second-order valence-corrected chi connectivity index (χ2v) is 6.56. The molecule has 6 nitrogen and oxygen atoms in total. The zero-order chi connectivity index (χ0) is 18.4. The molecule has 1 aliphatic rings. The van der Waals surface area contributed by atoms with Gasteiger partial charge in [-0.05, 0) is 36.4 Å². The Kier molecular flexibility index (Phi) is 6.44. The van der Waals surface area contributed by atoms with Gasteiger partial charge in [0.25, 0.3) is 5.91 Å². The maximum absolute atomic E-state index is 12.2. The van der Waals surface area contributed by atoms with Crippen LogP contribution in [0.4, 0.5) is 5.69 Å². The van der Waals surface area contributed by atoms with Crippen molar-refractivity contribution in [1.29, 1.82) is 0 Å². The van der Waals surface area contributed by atoms with Gasteiger partial charge in [0.1, 0.15) is 12.4 Å². The first-order valence-electron chi connectivity index (χ1n) is 9.10. The molecule has 0 bridgehead atoms.